The fourth-order valence-electron chi connectivity index (χ4n) is 5.29. The van der Waals surface area contributed by atoms with E-state index in [0.29, 0.717) is 33.9 Å². The number of H-pyrrole nitrogens is 1. The van der Waals surface area contributed by atoms with Gasteiger partial charge in [0.15, 0.2) is 0 Å². The number of benzene rings is 1. The Morgan fingerprint density at radius 2 is 1.84 bits per heavy atom. The number of hydrogen-bond donors (Lipinski definition) is 2. The number of aliphatic carboxylic acids is 1. The van der Waals surface area contributed by atoms with Crippen molar-refractivity contribution < 1.29 is 14.3 Å². The number of aromatic nitrogens is 1. The van der Waals surface area contributed by atoms with Crippen LogP contribution < -0.4 is 5.56 Å². The van der Waals surface area contributed by atoms with Gasteiger partial charge in [-0.2, -0.15) is 0 Å². The molecule has 0 bridgehead atoms. The number of pyridine rings is 1. The molecule has 2 heterocycles. The molecule has 4 rings (SSSR count). The second-order valence-electron chi connectivity index (χ2n) is 10.4. The molecule has 0 radical (unpaired) electrons. The largest absolute Gasteiger partial charge is 0.481 e. The summed E-state index contributed by atoms with van der Waals surface area (Å²) in [7, 11) is 0. The van der Waals surface area contributed by atoms with E-state index in [1.54, 1.807) is 13.0 Å². The van der Waals surface area contributed by atoms with Crippen molar-refractivity contribution in [2.75, 3.05) is 0 Å². The van der Waals surface area contributed by atoms with Gasteiger partial charge in [-0.05, 0) is 59.8 Å². The lowest BCUT2D eigenvalue weighted by molar-refractivity contribution is -0.136. The Morgan fingerprint density at radius 1 is 1.16 bits per heavy atom. The normalized spacial score (nSPS) is 19.4. The SMILES string of the molecule is Cc1cc2oc(-c3cc4c(cc3C)C(C)(C)C(C)CC4(C)C)c(CC(=O)O)c2c(=O)[nH]1. The summed E-state index contributed by atoms with van der Waals surface area (Å²) in [4.78, 5) is 27.1. The van der Waals surface area contributed by atoms with Crippen LogP contribution in [0.2, 0.25) is 0 Å². The predicted octanol–water partition coefficient (Wildman–Crippen LogP) is 5.63. The number of fused-ring (bicyclic) bond motifs is 2. The van der Waals surface area contributed by atoms with E-state index in [1.807, 2.05) is 6.92 Å². The molecular weight excluding hydrogens is 390 g/mol. The highest BCUT2D eigenvalue weighted by atomic mass is 16.4. The zero-order chi connectivity index (χ0) is 22.9. The van der Waals surface area contributed by atoms with Crippen LogP contribution in [0.1, 0.15) is 69.0 Å². The fraction of sp³-hybridized carbons (Fsp3) is 0.462. The molecule has 2 N–H and O–H groups in total. The Labute approximate surface area is 182 Å². The van der Waals surface area contributed by atoms with Crippen LogP contribution in [-0.4, -0.2) is 16.1 Å². The number of carboxylic acids is 1. The smallest absolute Gasteiger partial charge is 0.307 e. The molecule has 164 valence electrons. The van der Waals surface area contributed by atoms with Crippen molar-refractivity contribution in [1.29, 1.82) is 0 Å². The summed E-state index contributed by atoms with van der Waals surface area (Å²) >= 11 is 0. The molecule has 0 fully saturated rings. The summed E-state index contributed by atoms with van der Waals surface area (Å²) in [6.07, 6.45) is 0.799. The highest BCUT2D eigenvalue weighted by molar-refractivity contribution is 5.91. The highest BCUT2D eigenvalue weighted by Crippen LogP contribution is 2.51. The van der Waals surface area contributed by atoms with Crippen molar-refractivity contribution in [3.8, 4) is 11.3 Å². The Hall–Kier alpha value is -2.82. The van der Waals surface area contributed by atoms with Crippen molar-refractivity contribution in [1.82, 2.24) is 4.98 Å². The minimum absolute atomic E-state index is 0.0141. The molecule has 1 aliphatic rings. The summed E-state index contributed by atoms with van der Waals surface area (Å²) in [5, 5.41) is 9.88. The molecule has 5 nitrogen and oxygen atoms in total. The lowest BCUT2D eigenvalue weighted by Gasteiger charge is -2.47. The second kappa shape index (κ2) is 6.84. The number of nitrogens with one attached hydrogen (secondary N) is 1. The third-order valence-corrected chi connectivity index (χ3v) is 7.33. The third-order valence-electron chi connectivity index (χ3n) is 7.33. The zero-order valence-corrected chi connectivity index (χ0v) is 19.4. The van der Waals surface area contributed by atoms with Crippen molar-refractivity contribution in [3.63, 3.8) is 0 Å². The Balaban J connectivity index is 2.05. The molecule has 1 aliphatic carbocycles. The first-order valence-electron chi connectivity index (χ1n) is 10.9. The van der Waals surface area contributed by atoms with E-state index in [4.69, 9.17) is 4.42 Å². The monoisotopic (exact) mass is 421 g/mol. The first-order valence-corrected chi connectivity index (χ1v) is 10.9. The average molecular weight is 422 g/mol. The fourth-order valence-corrected chi connectivity index (χ4v) is 5.29. The van der Waals surface area contributed by atoms with Gasteiger partial charge >= 0.3 is 5.97 Å². The van der Waals surface area contributed by atoms with Crippen molar-refractivity contribution in [2.24, 2.45) is 5.92 Å². The lowest BCUT2D eigenvalue weighted by atomic mass is 9.58. The molecule has 0 amide bonds. The van der Waals surface area contributed by atoms with Gasteiger partial charge in [-0.3, -0.25) is 9.59 Å². The molecule has 3 aromatic rings. The van der Waals surface area contributed by atoms with Gasteiger partial charge < -0.3 is 14.5 Å². The van der Waals surface area contributed by atoms with Crippen LogP contribution in [-0.2, 0) is 22.0 Å². The van der Waals surface area contributed by atoms with Gasteiger partial charge in [0.2, 0.25) is 0 Å². The molecule has 5 heteroatoms. The highest BCUT2D eigenvalue weighted by Gasteiger charge is 2.42. The first-order chi connectivity index (χ1) is 14.3. The lowest BCUT2D eigenvalue weighted by Crippen LogP contribution is -2.40. The van der Waals surface area contributed by atoms with E-state index in [9.17, 15) is 14.7 Å². The van der Waals surface area contributed by atoms with E-state index in [-0.39, 0.29) is 22.8 Å². The minimum Gasteiger partial charge on any atom is -0.481 e. The summed E-state index contributed by atoms with van der Waals surface area (Å²) in [5.41, 5.74) is 5.75. The summed E-state index contributed by atoms with van der Waals surface area (Å²) in [6, 6.07) is 6.16. The third kappa shape index (κ3) is 3.31. The van der Waals surface area contributed by atoms with Crippen molar-refractivity contribution >= 4 is 16.9 Å². The summed E-state index contributed by atoms with van der Waals surface area (Å²) in [5.74, 6) is 0.0337. The molecular formula is C26H31NO4. The molecule has 0 aliphatic heterocycles. The molecule has 1 unspecified atom stereocenters. The second-order valence-corrected chi connectivity index (χ2v) is 10.4. The first kappa shape index (κ1) is 21.4. The van der Waals surface area contributed by atoms with Gasteiger partial charge in [0.05, 0.1) is 11.8 Å². The number of furan rings is 1. The zero-order valence-electron chi connectivity index (χ0n) is 19.4. The minimum atomic E-state index is -0.991. The van der Waals surface area contributed by atoms with Gasteiger partial charge in [0, 0.05) is 22.9 Å². The number of rotatable bonds is 3. The number of carboxylic acid groups (broad SMARTS) is 1. The molecule has 2 aromatic heterocycles. The average Bonchev–Trinajstić information content (AvgIpc) is 2.97. The van der Waals surface area contributed by atoms with Crippen LogP contribution in [0.4, 0.5) is 0 Å². The number of aryl methyl sites for hydroxylation is 2. The summed E-state index contributed by atoms with van der Waals surface area (Å²) < 4.78 is 6.18. The predicted molar refractivity (Wildman–Crippen MR) is 123 cm³/mol. The van der Waals surface area contributed by atoms with Crippen LogP contribution in [0.3, 0.4) is 0 Å². The van der Waals surface area contributed by atoms with E-state index in [0.717, 1.165) is 17.5 Å². The van der Waals surface area contributed by atoms with Gasteiger partial charge in [-0.15, -0.1) is 0 Å². The topological polar surface area (TPSA) is 83.3 Å². The van der Waals surface area contributed by atoms with Gasteiger partial charge in [0.1, 0.15) is 11.3 Å². The maximum atomic E-state index is 12.7. The Bertz CT molecular complexity index is 1270. The number of hydrogen-bond acceptors (Lipinski definition) is 3. The molecule has 31 heavy (non-hydrogen) atoms. The van der Waals surface area contributed by atoms with Crippen LogP contribution >= 0.6 is 0 Å². The van der Waals surface area contributed by atoms with Gasteiger partial charge in [-0.1, -0.05) is 40.7 Å². The molecule has 0 saturated carbocycles. The maximum Gasteiger partial charge on any atom is 0.307 e. The molecule has 1 atom stereocenters. The van der Waals surface area contributed by atoms with Gasteiger partial charge in [0.25, 0.3) is 5.56 Å². The van der Waals surface area contributed by atoms with Crippen LogP contribution in [0, 0.1) is 19.8 Å². The van der Waals surface area contributed by atoms with E-state index >= 15 is 0 Å². The molecule has 0 spiro atoms. The summed E-state index contributed by atoms with van der Waals surface area (Å²) in [6.45, 7) is 15.3. The van der Waals surface area contributed by atoms with E-state index < -0.39 is 5.97 Å². The van der Waals surface area contributed by atoms with E-state index in [2.05, 4.69) is 51.7 Å². The number of carbonyl (C=O) groups is 1. The van der Waals surface area contributed by atoms with Crippen LogP contribution in [0.25, 0.3) is 22.3 Å². The Kier molecular flexibility index (Phi) is 4.73. The van der Waals surface area contributed by atoms with Gasteiger partial charge in [-0.25, -0.2) is 0 Å². The maximum absolute atomic E-state index is 12.7. The van der Waals surface area contributed by atoms with Crippen molar-refractivity contribution in [2.45, 2.75) is 72.1 Å². The van der Waals surface area contributed by atoms with Crippen LogP contribution in [0.15, 0.2) is 27.4 Å². The molecule has 1 aromatic carbocycles. The standard InChI is InChI=1S/C26H31NO4/c1-13-8-19-18(25(4,5)12-14(2)26(19,6)7)10-16(13)23-17(11-21(28)29)22-20(31-23)9-15(3)27-24(22)30/h8-10,14H,11-12H2,1-7H3,(H,27,30)(H,28,29). The Morgan fingerprint density at radius 3 is 2.48 bits per heavy atom. The van der Waals surface area contributed by atoms with Crippen LogP contribution in [0.5, 0.6) is 0 Å². The quantitative estimate of drug-likeness (QED) is 0.574. The van der Waals surface area contributed by atoms with Crippen molar-refractivity contribution in [3.05, 3.63) is 56.5 Å². The molecule has 0 saturated heterocycles. The van der Waals surface area contributed by atoms with E-state index in [1.165, 1.54) is 11.1 Å². The number of aromatic amines is 1.